The van der Waals surface area contributed by atoms with Gasteiger partial charge in [0.05, 0.1) is 5.52 Å². The van der Waals surface area contributed by atoms with Crippen molar-refractivity contribution in [2.75, 3.05) is 25.5 Å². The van der Waals surface area contributed by atoms with Crippen LogP contribution in [0.5, 0.6) is 0 Å². The minimum atomic E-state index is -0.802. The second-order valence-corrected chi connectivity index (χ2v) is 5.13. The summed E-state index contributed by atoms with van der Waals surface area (Å²) < 4.78 is 10.4. The smallest absolute Gasteiger partial charge is 0.408 e. The Morgan fingerprint density at radius 3 is 2.86 bits per heavy atom. The summed E-state index contributed by atoms with van der Waals surface area (Å²) in [5.74, 6) is -0.683. The first-order valence-electron chi connectivity index (χ1n) is 6.83. The number of aromatic amines is 1. The molecule has 0 saturated carbocycles. The number of benzene rings is 1. The molecule has 1 saturated heterocycles. The van der Waals surface area contributed by atoms with Crippen LogP contribution in [0.4, 0.5) is 5.69 Å². The summed E-state index contributed by atoms with van der Waals surface area (Å²) in [6, 6.07) is 5.01. The summed E-state index contributed by atoms with van der Waals surface area (Å²) in [6.45, 7) is 1.49. The van der Waals surface area contributed by atoms with E-state index in [1.54, 1.807) is 25.3 Å². The third kappa shape index (κ3) is 2.57. The van der Waals surface area contributed by atoms with Crippen LogP contribution in [0.15, 0.2) is 27.4 Å². The van der Waals surface area contributed by atoms with Crippen molar-refractivity contribution in [1.29, 1.82) is 0 Å². The predicted octanol–water partition coefficient (Wildman–Crippen LogP) is 0.828. The molecule has 1 fully saturated rings. The average Bonchev–Trinajstić information content (AvgIpc) is 2.87. The molecule has 2 aromatic rings. The van der Waals surface area contributed by atoms with Gasteiger partial charge in [0.1, 0.15) is 5.60 Å². The highest BCUT2D eigenvalue weighted by Gasteiger charge is 2.39. The normalized spacial score (nSPS) is 17.8. The SMILES string of the molecule is COC1(C(=O)Nc2ccc3oc(=O)[nH]c3c2)CCNCC1. The summed E-state index contributed by atoms with van der Waals surface area (Å²) in [6.07, 6.45) is 1.25. The second-order valence-electron chi connectivity index (χ2n) is 5.13. The quantitative estimate of drug-likeness (QED) is 0.778. The predicted molar refractivity (Wildman–Crippen MR) is 77.3 cm³/mol. The lowest BCUT2D eigenvalue weighted by Gasteiger charge is -2.34. The molecule has 112 valence electrons. The first kappa shape index (κ1) is 13.8. The molecule has 0 spiro atoms. The fourth-order valence-electron chi connectivity index (χ4n) is 2.63. The third-order valence-corrected chi connectivity index (χ3v) is 3.89. The van der Waals surface area contributed by atoms with Gasteiger partial charge in [-0.25, -0.2) is 4.79 Å². The molecule has 1 amide bonds. The molecule has 2 heterocycles. The molecular weight excluding hydrogens is 274 g/mol. The van der Waals surface area contributed by atoms with Gasteiger partial charge in [-0.05, 0) is 44.1 Å². The minimum absolute atomic E-state index is 0.170. The fraction of sp³-hybridized carbons (Fsp3) is 0.429. The van der Waals surface area contributed by atoms with Crippen LogP contribution in [0.2, 0.25) is 0 Å². The standard InChI is InChI=1S/C14H17N3O4/c1-20-14(4-6-15-7-5-14)12(18)16-9-2-3-11-10(8-9)17-13(19)21-11/h2-3,8,15H,4-7H2,1H3,(H,16,18)(H,17,19). The maximum absolute atomic E-state index is 12.5. The number of amides is 1. The number of carbonyl (C=O) groups is 1. The molecule has 1 aliphatic heterocycles. The first-order chi connectivity index (χ1) is 10.1. The van der Waals surface area contributed by atoms with Gasteiger partial charge in [-0.2, -0.15) is 0 Å². The van der Waals surface area contributed by atoms with Gasteiger partial charge in [0.2, 0.25) is 0 Å². The van der Waals surface area contributed by atoms with Crippen molar-refractivity contribution in [3.63, 3.8) is 0 Å². The lowest BCUT2D eigenvalue weighted by Crippen LogP contribution is -2.51. The van der Waals surface area contributed by atoms with Crippen LogP contribution in [0, 0.1) is 0 Å². The van der Waals surface area contributed by atoms with Crippen molar-refractivity contribution in [1.82, 2.24) is 10.3 Å². The summed E-state index contributed by atoms with van der Waals surface area (Å²) in [4.78, 5) is 26.2. The number of carbonyl (C=O) groups excluding carboxylic acids is 1. The monoisotopic (exact) mass is 291 g/mol. The van der Waals surface area contributed by atoms with E-state index in [0.29, 0.717) is 29.6 Å². The van der Waals surface area contributed by atoms with Crippen LogP contribution in [-0.4, -0.2) is 36.7 Å². The number of methoxy groups -OCH3 is 1. The Hall–Kier alpha value is -2.12. The lowest BCUT2D eigenvalue weighted by atomic mass is 9.91. The zero-order valence-corrected chi connectivity index (χ0v) is 11.7. The highest BCUT2D eigenvalue weighted by molar-refractivity contribution is 5.98. The number of fused-ring (bicyclic) bond motifs is 1. The van der Waals surface area contributed by atoms with Gasteiger partial charge in [0.15, 0.2) is 5.58 Å². The Morgan fingerprint density at radius 2 is 2.14 bits per heavy atom. The van der Waals surface area contributed by atoms with Crippen molar-refractivity contribution in [2.45, 2.75) is 18.4 Å². The van der Waals surface area contributed by atoms with Crippen LogP contribution in [0.1, 0.15) is 12.8 Å². The van der Waals surface area contributed by atoms with Gasteiger partial charge in [-0.3, -0.25) is 9.78 Å². The summed E-state index contributed by atoms with van der Waals surface area (Å²) >= 11 is 0. The lowest BCUT2D eigenvalue weighted by molar-refractivity contribution is -0.140. The summed E-state index contributed by atoms with van der Waals surface area (Å²) in [7, 11) is 1.56. The van der Waals surface area contributed by atoms with E-state index in [0.717, 1.165) is 13.1 Å². The summed E-state index contributed by atoms with van der Waals surface area (Å²) in [5.41, 5.74) is 0.805. The molecule has 0 aliphatic carbocycles. The Balaban J connectivity index is 1.83. The van der Waals surface area contributed by atoms with Crippen molar-refractivity contribution in [2.24, 2.45) is 0 Å². The molecule has 3 rings (SSSR count). The summed E-state index contributed by atoms with van der Waals surface area (Å²) in [5, 5.41) is 6.06. The van der Waals surface area contributed by atoms with E-state index in [4.69, 9.17) is 9.15 Å². The average molecular weight is 291 g/mol. The number of rotatable bonds is 3. The van der Waals surface area contributed by atoms with Crippen LogP contribution in [-0.2, 0) is 9.53 Å². The molecule has 0 radical (unpaired) electrons. The number of oxazole rings is 1. The molecular formula is C14H17N3O4. The number of hydrogen-bond acceptors (Lipinski definition) is 5. The highest BCUT2D eigenvalue weighted by atomic mass is 16.5. The number of nitrogens with one attached hydrogen (secondary N) is 3. The van der Waals surface area contributed by atoms with Crippen LogP contribution in [0.3, 0.4) is 0 Å². The largest absolute Gasteiger partial charge is 0.417 e. The maximum Gasteiger partial charge on any atom is 0.417 e. The fourth-order valence-corrected chi connectivity index (χ4v) is 2.63. The topological polar surface area (TPSA) is 96.4 Å². The zero-order chi connectivity index (χ0) is 14.9. The Bertz CT molecular complexity index is 712. The van der Waals surface area contributed by atoms with Crippen molar-refractivity contribution >= 4 is 22.7 Å². The van der Waals surface area contributed by atoms with Crippen LogP contribution < -0.4 is 16.4 Å². The molecule has 0 atom stereocenters. The first-order valence-corrected chi connectivity index (χ1v) is 6.83. The Labute approximate surface area is 120 Å². The maximum atomic E-state index is 12.5. The van der Waals surface area contributed by atoms with Gasteiger partial charge in [0, 0.05) is 12.8 Å². The van der Waals surface area contributed by atoms with Crippen LogP contribution >= 0.6 is 0 Å². The number of hydrogen-bond donors (Lipinski definition) is 3. The van der Waals surface area contributed by atoms with Gasteiger partial charge in [0.25, 0.3) is 5.91 Å². The zero-order valence-electron chi connectivity index (χ0n) is 11.7. The molecule has 1 aliphatic rings. The van der Waals surface area contributed by atoms with E-state index < -0.39 is 11.4 Å². The van der Waals surface area contributed by atoms with Crippen molar-refractivity contribution in [3.8, 4) is 0 Å². The van der Waals surface area contributed by atoms with E-state index in [9.17, 15) is 9.59 Å². The molecule has 1 aromatic carbocycles. The van der Waals surface area contributed by atoms with Gasteiger partial charge in [-0.1, -0.05) is 0 Å². The molecule has 7 heteroatoms. The van der Waals surface area contributed by atoms with Crippen molar-refractivity contribution in [3.05, 3.63) is 28.7 Å². The van der Waals surface area contributed by atoms with E-state index in [1.807, 2.05) is 0 Å². The number of H-pyrrole nitrogens is 1. The van der Waals surface area contributed by atoms with Crippen molar-refractivity contribution < 1.29 is 13.9 Å². The number of aromatic nitrogens is 1. The molecule has 21 heavy (non-hydrogen) atoms. The second kappa shape index (κ2) is 5.34. The molecule has 1 aromatic heterocycles. The van der Waals surface area contributed by atoms with E-state index >= 15 is 0 Å². The van der Waals surface area contributed by atoms with Gasteiger partial charge in [-0.15, -0.1) is 0 Å². The van der Waals surface area contributed by atoms with E-state index in [2.05, 4.69) is 15.6 Å². The van der Waals surface area contributed by atoms with Crippen LogP contribution in [0.25, 0.3) is 11.1 Å². The Morgan fingerprint density at radius 1 is 1.38 bits per heavy atom. The number of ether oxygens (including phenoxy) is 1. The van der Waals surface area contributed by atoms with Gasteiger partial charge >= 0.3 is 5.76 Å². The molecule has 0 unspecified atom stereocenters. The minimum Gasteiger partial charge on any atom is -0.408 e. The number of piperidine rings is 1. The molecule has 3 N–H and O–H groups in total. The molecule has 7 nitrogen and oxygen atoms in total. The van der Waals surface area contributed by atoms with Gasteiger partial charge < -0.3 is 19.8 Å². The third-order valence-electron chi connectivity index (χ3n) is 3.89. The highest BCUT2D eigenvalue weighted by Crippen LogP contribution is 2.25. The number of anilines is 1. The molecule has 0 bridgehead atoms. The Kier molecular flexibility index (Phi) is 3.52. The van der Waals surface area contributed by atoms with E-state index in [1.165, 1.54) is 0 Å². The van der Waals surface area contributed by atoms with E-state index in [-0.39, 0.29) is 5.91 Å².